The minimum atomic E-state index is -0.413. The normalized spacial score (nSPS) is 12.6. The number of hydrogen-bond donors (Lipinski definition) is 1. The zero-order valence-corrected chi connectivity index (χ0v) is 16.4. The third-order valence-electron chi connectivity index (χ3n) is 3.97. The predicted molar refractivity (Wildman–Crippen MR) is 104 cm³/mol. The lowest BCUT2D eigenvalue weighted by Crippen LogP contribution is -2.36. The van der Waals surface area contributed by atoms with Gasteiger partial charge in [-0.3, -0.25) is 4.79 Å². The van der Waals surface area contributed by atoms with Crippen LogP contribution in [-0.2, 0) is 0 Å². The minimum absolute atomic E-state index is 0.183. The summed E-state index contributed by atoms with van der Waals surface area (Å²) >= 11 is 3.37. The Labute approximate surface area is 160 Å². The van der Waals surface area contributed by atoms with Crippen molar-refractivity contribution in [2.45, 2.75) is 26.8 Å². The molecule has 0 aliphatic rings. The molecule has 0 bridgehead atoms. The van der Waals surface area contributed by atoms with Gasteiger partial charge in [-0.25, -0.2) is 0 Å². The Morgan fingerprint density at radius 2 is 1.73 bits per heavy atom. The van der Waals surface area contributed by atoms with E-state index in [4.69, 9.17) is 4.52 Å². The largest absolute Gasteiger partial charge is 0.340 e. The van der Waals surface area contributed by atoms with Crippen molar-refractivity contribution in [3.05, 3.63) is 70.5 Å². The van der Waals surface area contributed by atoms with E-state index in [0.717, 1.165) is 10.0 Å². The summed E-state index contributed by atoms with van der Waals surface area (Å²) in [7, 11) is 0. The van der Waals surface area contributed by atoms with Crippen LogP contribution in [-0.4, -0.2) is 16.0 Å². The first kappa shape index (κ1) is 18.3. The highest BCUT2D eigenvalue weighted by Crippen LogP contribution is 2.33. The molecule has 0 saturated heterocycles. The van der Waals surface area contributed by atoms with Crippen molar-refractivity contribution in [1.29, 1.82) is 0 Å². The quantitative estimate of drug-likeness (QED) is 0.651. The number of nitrogens with zero attached hydrogens (tertiary/aromatic N) is 2. The second-order valence-electron chi connectivity index (χ2n) is 7.10. The third kappa shape index (κ3) is 4.19. The molecule has 0 saturated carbocycles. The van der Waals surface area contributed by atoms with Crippen molar-refractivity contribution >= 4 is 21.8 Å². The van der Waals surface area contributed by atoms with E-state index in [1.165, 1.54) is 0 Å². The van der Waals surface area contributed by atoms with E-state index in [2.05, 4.69) is 31.4 Å². The molecule has 0 radical (unpaired) electrons. The highest BCUT2D eigenvalue weighted by Gasteiger charge is 2.33. The zero-order chi connectivity index (χ0) is 18.7. The Kier molecular flexibility index (Phi) is 5.23. The van der Waals surface area contributed by atoms with Gasteiger partial charge in [-0.1, -0.05) is 72.2 Å². The molecule has 0 aliphatic heterocycles. The highest BCUT2D eigenvalue weighted by atomic mass is 79.9. The number of carbonyl (C=O) groups is 1. The van der Waals surface area contributed by atoms with E-state index in [9.17, 15) is 4.79 Å². The first-order valence-corrected chi connectivity index (χ1v) is 9.09. The Bertz CT molecular complexity index is 883. The minimum Gasteiger partial charge on any atom is -0.340 e. The molecule has 1 aromatic heterocycles. The zero-order valence-electron chi connectivity index (χ0n) is 14.9. The smallest absolute Gasteiger partial charge is 0.251 e. The third-order valence-corrected chi connectivity index (χ3v) is 4.50. The van der Waals surface area contributed by atoms with Crippen LogP contribution in [0.25, 0.3) is 11.4 Å². The van der Waals surface area contributed by atoms with Crippen LogP contribution in [0.4, 0.5) is 0 Å². The van der Waals surface area contributed by atoms with Crippen molar-refractivity contribution in [3.8, 4) is 11.4 Å². The monoisotopic (exact) mass is 413 g/mol. The average Bonchev–Trinajstić information content (AvgIpc) is 3.09. The van der Waals surface area contributed by atoms with Gasteiger partial charge in [0.15, 0.2) is 0 Å². The molecular weight excluding hydrogens is 394 g/mol. The van der Waals surface area contributed by atoms with Crippen LogP contribution in [0.1, 0.15) is 43.1 Å². The van der Waals surface area contributed by atoms with Crippen LogP contribution in [0.3, 0.4) is 0 Å². The summed E-state index contributed by atoms with van der Waals surface area (Å²) in [6.07, 6.45) is 0. The molecule has 0 unspecified atom stereocenters. The molecule has 3 rings (SSSR count). The molecule has 1 heterocycles. The lowest BCUT2D eigenvalue weighted by atomic mass is 9.86. The van der Waals surface area contributed by atoms with Gasteiger partial charge in [0, 0.05) is 15.6 Å². The van der Waals surface area contributed by atoms with Crippen LogP contribution < -0.4 is 5.32 Å². The van der Waals surface area contributed by atoms with E-state index >= 15 is 0 Å². The van der Waals surface area contributed by atoms with E-state index in [1.54, 1.807) is 12.1 Å². The maximum absolute atomic E-state index is 12.6. The van der Waals surface area contributed by atoms with Gasteiger partial charge in [-0.2, -0.15) is 4.98 Å². The molecule has 0 fully saturated rings. The molecule has 0 spiro atoms. The van der Waals surface area contributed by atoms with E-state index < -0.39 is 6.04 Å². The van der Waals surface area contributed by atoms with E-state index in [0.29, 0.717) is 17.3 Å². The van der Waals surface area contributed by atoms with Crippen molar-refractivity contribution in [1.82, 2.24) is 15.5 Å². The average molecular weight is 414 g/mol. The number of rotatable bonds is 4. The molecule has 5 nitrogen and oxygen atoms in total. The van der Waals surface area contributed by atoms with Crippen LogP contribution in [0.15, 0.2) is 63.6 Å². The standard InChI is InChI=1S/C20H20BrN3O2/c1-20(2,3)16(22-18(25)14-9-11-15(21)12-10-14)19-23-17(24-26-19)13-7-5-4-6-8-13/h4-12,16H,1-3H3,(H,22,25)/t16-/m1/s1. The van der Waals surface area contributed by atoms with Crippen molar-refractivity contribution in [3.63, 3.8) is 0 Å². The van der Waals surface area contributed by atoms with Gasteiger partial charge in [0.2, 0.25) is 11.7 Å². The Balaban J connectivity index is 1.86. The number of halogens is 1. The number of nitrogens with one attached hydrogen (secondary N) is 1. The molecule has 2 aromatic carbocycles. The number of amides is 1. The Morgan fingerprint density at radius 1 is 1.08 bits per heavy atom. The summed E-state index contributed by atoms with van der Waals surface area (Å²) in [5.74, 6) is 0.714. The summed E-state index contributed by atoms with van der Waals surface area (Å²) in [4.78, 5) is 17.2. The lowest BCUT2D eigenvalue weighted by molar-refractivity contribution is 0.0881. The van der Waals surface area contributed by atoms with Crippen LogP contribution in [0, 0.1) is 5.41 Å². The number of carbonyl (C=O) groups excluding carboxylic acids is 1. The number of hydrogen-bond acceptors (Lipinski definition) is 4. The summed E-state index contributed by atoms with van der Waals surface area (Å²) in [6.45, 7) is 6.06. The number of aromatic nitrogens is 2. The molecule has 1 N–H and O–H groups in total. The topological polar surface area (TPSA) is 68.0 Å². The van der Waals surface area contributed by atoms with Crippen molar-refractivity contribution < 1.29 is 9.32 Å². The van der Waals surface area contributed by atoms with Gasteiger partial charge in [-0.05, 0) is 29.7 Å². The second kappa shape index (κ2) is 7.41. The van der Waals surface area contributed by atoms with Gasteiger partial charge in [-0.15, -0.1) is 0 Å². The predicted octanol–water partition coefficient (Wildman–Crippen LogP) is 5.02. The molecule has 1 amide bonds. The Hall–Kier alpha value is -2.47. The van der Waals surface area contributed by atoms with Crippen molar-refractivity contribution in [2.75, 3.05) is 0 Å². The summed E-state index contributed by atoms with van der Waals surface area (Å²) < 4.78 is 6.40. The molecule has 1 atom stereocenters. The Morgan fingerprint density at radius 3 is 2.35 bits per heavy atom. The molecule has 134 valence electrons. The summed E-state index contributed by atoms with van der Waals surface area (Å²) in [5, 5.41) is 7.09. The fraction of sp³-hybridized carbons (Fsp3) is 0.250. The molecular formula is C20H20BrN3O2. The first-order valence-electron chi connectivity index (χ1n) is 8.30. The molecule has 6 heteroatoms. The summed E-state index contributed by atoms with van der Waals surface area (Å²) in [6, 6.07) is 16.4. The second-order valence-corrected chi connectivity index (χ2v) is 8.02. The van der Waals surface area contributed by atoms with Gasteiger partial charge < -0.3 is 9.84 Å². The molecule has 26 heavy (non-hydrogen) atoms. The van der Waals surface area contributed by atoms with Crippen LogP contribution in [0.5, 0.6) is 0 Å². The first-order chi connectivity index (χ1) is 12.3. The van der Waals surface area contributed by atoms with Crippen molar-refractivity contribution in [2.24, 2.45) is 5.41 Å². The van der Waals surface area contributed by atoms with E-state index in [1.807, 2.05) is 63.2 Å². The van der Waals surface area contributed by atoms with Gasteiger partial charge in [0.1, 0.15) is 6.04 Å². The number of benzene rings is 2. The van der Waals surface area contributed by atoms with Gasteiger partial charge >= 0.3 is 0 Å². The maximum Gasteiger partial charge on any atom is 0.251 e. The van der Waals surface area contributed by atoms with Gasteiger partial charge in [0.25, 0.3) is 5.91 Å². The van der Waals surface area contributed by atoms with Crippen LogP contribution >= 0.6 is 15.9 Å². The van der Waals surface area contributed by atoms with Crippen LogP contribution in [0.2, 0.25) is 0 Å². The SMILES string of the molecule is CC(C)(C)[C@H](NC(=O)c1ccc(Br)cc1)c1nc(-c2ccccc2)no1. The maximum atomic E-state index is 12.6. The highest BCUT2D eigenvalue weighted by molar-refractivity contribution is 9.10. The molecule has 0 aliphatic carbocycles. The summed E-state index contributed by atoms with van der Waals surface area (Å²) in [5.41, 5.74) is 1.14. The van der Waals surface area contributed by atoms with Gasteiger partial charge in [0.05, 0.1) is 0 Å². The molecule has 3 aromatic rings. The fourth-order valence-electron chi connectivity index (χ4n) is 2.52. The fourth-order valence-corrected chi connectivity index (χ4v) is 2.79. The van der Waals surface area contributed by atoms with E-state index in [-0.39, 0.29) is 11.3 Å². The lowest BCUT2D eigenvalue weighted by Gasteiger charge is -2.28.